The van der Waals surface area contributed by atoms with Gasteiger partial charge in [-0.3, -0.25) is 0 Å². The van der Waals surface area contributed by atoms with Crippen molar-refractivity contribution in [3.8, 4) is 0 Å². The largest absolute Gasteiger partial charge is 0.534 e. The molecule has 0 saturated carbocycles. The molecular weight excluding hydrogens is 431 g/mol. The van der Waals surface area contributed by atoms with Crippen molar-refractivity contribution in [2.24, 2.45) is 0 Å². The molecule has 174 valence electrons. The highest BCUT2D eigenvalue weighted by Crippen LogP contribution is 2.27. The lowest BCUT2D eigenvalue weighted by molar-refractivity contribution is -0.143. The van der Waals surface area contributed by atoms with Crippen molar-refractivity contribution in [2.45, 2.75) is 71.0 Å². The fourth-order valence-corrected chi connectivity index (χ4v) is 2.48. The van der Waals surface area contributed by atoms with E-state index in [0.29, 0.717) is 5.57 Å². The van der Waals surface area contributed by atoms with Crippen molar-refractivity contribution in [3.05, 3.63) is 23.5 Å². The van der Waals surface area contributed by atoms with Crippen LogP contribution in [0.15, 0.2) is 23.5 Å². The number of ether oxygens (including phenoxy) is 2. The predicted molar refractivity (Wildman–Crippen MR) is 103 cm³/mol. The van der Waals surface area contributed by atoms with Gasteiger partial charge in [-0.1, -0.05) is 12.5 Å². The first-order chi connectivity index (χ1) is 13.5. The van der Waals surface area contributed by atoms with E-state index in [1.807, 2.05) is 0 Å². The van der Waals surface area contributed by atoms with Crippen LogP contribution in [0.2, 0.25) is 0 Å². The Morgan fingerprint density at radius 3 is 2.17 bits per heavy atom. The van der Waals surface area contributed by atoms with E-state index in [-0.39, 0.29) is 19.3 Å². The lowest BCUT2D eigenvalue weighted by Gasteiger charge is -2.22. The summed E-state index contributed by atoms with van der Waals surface area (Å²) in [5.74, 6) is -1.24. The van der Waals surface area contributed by atoms with Gasteiger partial charge in [-0.2, -0.15) is 21.6 Å². The molecule has 0 aromatic rings. The van der Waals surface area contributed by atoms with Gasteiger partial charge in [0.25, 0.3) is 0 Å². The number of hydrogen-bond donors (Lipinski definition) is 1. The number of methoxy groups -OCH3 is 1. The van der Waals surface area contributed by atoms with E-state index in [2.05, 4.69) is 14.2 Å². The molecule has 0 spiro atoms. The van der Waals surface area contributed by atoms with E-state index in [9.17, 15) is 31.2 Å². The van der Waals surface area contributed by atoms with Crippen molar-refractivity contribution in [3.63, 3.8) is 0 Å². The standard InChI is InChI=1S/C18H28F3NO7S/c1-7-8-13(29-30(25,26)18(19,20)21)11-12(2)9-10-14(15(23)27-6)22-16(24)28-17(3,4)5/h8,11,14H,7,9-10H2,1-6H3,(H,22,24)/b12-11-,13-8+/t14-/m0/s1. The Kier molecular flexibility index (Phi) is 10.4. The summed E-state index contributed by atoms with van der Waals surface area (Å²) in [5, 5.41) is 2.36. The molecule has 30 heavy (non-hydrogen) atoms. The highest BCUT2D eigenvalue weighted by atomic mass is 32.2. The summed E-state index contributed by atoms with van der Waals surface area (Å²) in [6, 6.07) is -1.08. The zero-order chi connectivity index (χ0) is 23.8. The Balaban J connectivity index is 5.28. The molecule has 0 radical (unpaired) electrons. The van der Waals surface area contributed by atoms with Crippen LogP contribution in [0.3, 0.4) is 0 Å². The van der Waals surface area contributed by atoms with Crippen molar-refractivity contribution in [1.82, 2.24) is 5.32 Å². The first kappa shape index (κ1) is 27.8. The van der Waals surface area contributed by atoms with E-state index < -0.39 is 45.1 Å². The topological polar surface area (TPSA) is 108 Å². The first-order valence-corrected chi connectivity index (χ1v) is 10.4. The van der Waals surface area contributed by atoms with Crippen LogP contribution < -0.4 is 5.32 Å². The lowest BCUT2D eigenvalue weighted by Crippen LogP contribution is -2.44. The Morgan fingerprint density at radius 2 is 1.73 bits per heavy atom. The SMILES string of the molecule is CC/C=C(\C=C(\C)CC[C@H](NC(=O)OC(C)(C)C)C(=O)OC)OS(=O)(=O)C(F)(F)F. The number of hydrogen-bond acceptors (Lipinski definition) is 7. The van der Waals surface area contributed by atoms with Crippen LogP contribution in [0, 0.1) is 0 Å². The second-order valence-electron chi connectivity index (χ2n) is 7.25. The van der Waals surface area contributed by atoms with E-state index in [0.717, 1.165) is 13.2 Å². The summed E-state index contributed by atoms with van der Waals surface area (Å²) < 4.78 is 73.9. The van der Waals surface area contributed by atoms with Crippen LogP contribution in [0.5, 0.6) is 0 Å². The van der Waals surface area contributed by atoms with Gasteiger partial charge >= 0.3 is 27.7 Å². The zero-order valence-electron chi connectivity index (χ0n) is 17.8. The molecule has 0 unspecified atom stereocenters. The summed E-state index contributed by atoms with van der Waals surface area (Å²) in [5.41, 5.74) is -5.94. The monoisotopic (exact) mass is 459 g/mol. The summed E-state index contributed by atoms with van der Waals surface area (Å²) >= 11 is 0. The number of carbonyl (C=O) groups is 2. The summed E-state index contributed by atoms with van der Waals surface area (Å²) in [4.78, 5) is 23.8. The quantitative estimate of drug-likeness (QED) is 0.183. The zero-order valence-corrected chi connectivity index (χ0v) is 18.6. The number of nitrogens with one attached hydrogen (secondary N) is 1. The third kappa shape index (κ3) is 10.5. The summed E-state index contributed by atoms with van der Waals surface area (Å²) in [7, 11) is -4.68. The average molecular weight is 459 g/mol. The van der Waals surface area contributed by atoms with Crippen LogP contribution in [-0.2, 0) is 28.6 Å². The molecule has 8 nitrogen and oxygen atoms in total. The Bertz CT molecular complexity index is 766. The highest BCUT2D eigenvalue weighted by molar-refractivity contribution is 7.87. The molecule has 0 aromatic carbocycles. The van der Waals surface area contributed by atoms with Gasteiger partial charge in [-0.15, -0.1) is 0 Å². The van der Waals surface area contributed by atoms with Crippen LogP contribution in [-0.4, -0.2) is 44.7 Å². The van der Waals surface area contributed by atoms with E-state index in [1.54, 1.807) is 27.7 Å². The fourth-order valence-electron chi connectivity index (χ4n) is 2.02. The molecule has 0 aliphatic heterocycles. The summed E-state index contributed by atoms with van der Waals surface area (Å²) in [6.07, 6.45) is 1.81. The van der Waals surface area contributed by atoms with Crippen molar-refractivity contribution >= 4 is 22.2 Å². The molecule has 0 bridgehead atoms. The molecule has 0 rings (SSSR count). The second-order valence-corrected chi connectivity index (χ2v) is 8.79. The van der Waals surface area contributed by atoms with Gasteiger partial charge in [-0.25, -0.2) is 9.59 Å². The van der Waals surface area contributed by atoms with Crippen LogP contribution in [0.25, 0.3) is 0 Å². The predicted octanol–water partition coefficient (Wildman–Crippen LogP) is 3.94. The maximum atomic E-state index is 12.5. The smallest absolute Gasteiger partial charge is 0.467 e. The number of amides is 1. The maximum Gasteiger partial charge on any atom is 0.534 e. The molecule has 1 amide bonds. The number of alkyl halides is 3. The second kappa shape index (κ2) is 11.2. The normalized spacial score (nSPS) is 14.7. The Morgan fingerprint density at radius 1 is 1.17 bits per heavy atom. The minimum Gasteiger partial charge on any atom is -0.467 e. The van der Waals surface area contributed by atoms with E-state index in [1.165, 1.54) is 13.0 Å². The average Bonchev–Trinajstić information content (AvgIpc) is 2.55. The molecule has 0 fully saturated rings. The molecule has 1 atom stereocenters. The molecule has 0 heterocycles. The van der Waals surface area contributed by atoms with Crippen molar-refractivity contribution in [2.75, 3.05) is 7.11 Å². The number of carbonyl (C=O) groups excluding carboxylic acids is 2. The molecule has 0 aliphatic carbocycles. The van der Waals surface area contributed by atoms with Gasteiger partial charge in [0.2, 0.25) is 0 Å². The van der Waals surface area contributed by atoms with Gasteiger partial charge < -0.3 is 19.0 Å². The third-order valence-electron chi connectivity index (χ3n) is 3.29. The fraction of sp³-hybridized carbons (Fsp3) is 0.667. The van der Waals surface area contributed by atoms with Gasteiger partial charge in [0.05, 0.1) is 7.11 Å². The number of alkyl carbamates (subject to hydrolysis) is 1. The third-order valence-corrected chi connectivity index (χ3v) is 4.27. The van der Waals surface area contributed by atoms with Gasteiger partial charge in [-0.05, 0) is 59.1 Å². The summed E-state index contributed by atoms with van der Waals surface area (Å²) in [6.45, 7) is 8.02. The number of allylic oxidation sites excluding steroid dienone is 3. The van der Waals surface area contributed by atoms with Crippen LogP contribution in [0.4, 0.5) is 18.0 Å². The Hall–Kier alpha value is -2.24. The van der Waals surface area contributed by atoms with Crippen molar-refractivity contribution in [1.29, 1.82) is 0 Å². The van der Waals surface area contributed by atoms with Crippen molar-refractivity contribution < 1.29 is 44.8 Å². The Labute approximate surface area is 174 Å². The van der Waals surface area contributed by atoms with Gasteiger partial charge in [0.1, 0.15) is 17.4 Å². The number of halogens is 3. The van der Waals surface area contributed by atoms with E-state index in [4.69, 9.17) is 4.74 Å². The minimum absolute atomic E-state index is 0.0275. The van der Waals surface area contributed by atoms with Gasteiger partial charge in [0.15, 0.2) is 0 Å². The first-order valence-electron chi connectivity index (χ1n) is 8.97. The van der Waals surface area contributed by atoms with Gasteiger partial charge in [0, 0.05) is 0 Å². The van der Waals surface area contributed by atoms with Crippen LogP contribution in [0.1, 0.15) is 53.9 Å². The maximum absolute atomic E-state index is 12.5. The van der Waals surface area contributed by atoms with E-state index >= 15 is 0 Å². The molecule has 0 aliphatic rings. The molecule has 12 heteroatoms. The highest BCUT2D eigenvalue weighted by Gasteiger charge is 2.48. The molecule has 1 N–H and O–H groups in total. The molecule has 0 aromatic heterocycles. The van der Waals surface area contributed by atoms with Crippen LogP contribution >= 0.6 is 0 Å². The number of rotatable bonds is 9. The molecule has 0 saturated heterocycles. The minimum atomic E-state index is -5.81. The number of esters is 1. The lowest BCUT2D eigenvalue weighted by atomic mass is 10.1. The molecular formula is C18H28F3NO7S.